The van der Waals surface area contributed by atoms with Crippen molar-refractivity contribution in [3.63, 3.8) is 0 Å². The van der Waals surface area contributed by atoms with Crippen molar-refractivity contribution in [1.82, 2.24) is 10.2 Å². The molecule has 1 amide bonds. The summed E-state index contributed by atoms with van der Waals surface area (Å²) in [6.45, 7) is 3.33. The van der Waals surface area contributed by atoms with E-state index in [1.54, 1.807) is 24.3 Å². The number of aromatic nitrogens is 2. The molecule has 0 spiro atoms. The summed E-state index contributed by atoms with van der Waals surface area (Å²) in [6, 6.07) is 17.4. The molecule has 142 valence electrons. The van der Waals surface area contributed by atoms with Crippen LogP contribution in [-0.4, -0.2) is 42.3 Å². The molecule has 0 aliphatic carbocycles. The molecule has 1 aliphatic rings. The monoisotopic (exact) mass is 377 g/mol. The average Bonchev–Trinajstić information content (AvgIpc) is 2.75. The van der Waals surface area contributed by atoms with Crippen molar-refractivity contribution in [2.75, 3.05) is 36.0 Å². The lowest BCUT2D eigenvalue weighted by atomic mass is 10.1. The van der Waals surface area contributed by atoms with Gasteiger partial charge < -0.3 is 15.5 Å². The van der Waals surface area contributed by atoms with Gasteiger partial charge in [0.25, 0.3) is 0 Å². The summed E-state index contributed by atoms with van der Waals surface area (Å²) < 4.78 is 13.1. The minimum Gasteiger partial charge on any atom is -0.368 e. The second-order valence-electron chi connectivity index (χ2n) is 6.67. The second-order valence-corrected chi connectivity index (χ2v) is 6.67. The molecule has 6 nitrogen and oxygen atoms in total. The number of primary amides is 1. The molecule has 2 heterocycles. The minimum absolute atomic E-state index is 0.268. The molecule has 3 aromatic rings. The maximum Gasteiger partial charge on any atom is 0.248 e. The summed E-state index contributed by atoms with van der Waals surface area (Å²) in [7, 11) is 0. The van der Waals surface area contributed by atoms with Crippen molar-refractivity contribution >= 4 is 17.4 Å². The van der Waals surface area contributed by atoms with Gasteiger partial charge in [0.15, 0.2) is 5.82 Å². The van der Waals surface area contributed by atoms with Crippen LogP contribution in [0.3, 0.4) is 0 Å². The highest BCUT2D eigenvalue weighted by atomic mass is 19.1. The van der Waals surface area contributed by atoms with E-state index in [1.807, 2.05) is 24.3 Å². The molecule has 4 rings (SSSR count). The molecule has 1 aromatic heterocycles. The molecule has 2 N–H and O–H groups in total. The fourth-order valence-corrected chi connectivity index (χ4v) is 3.30. The van der Waals surface area contributed by atoms with E-state index in [0.29, 0.717) is 5.56 Å². The van der Waals surface area contributed by atoms with E-state index < -0.39 is 5.91 Å². The molecule has 0 atom stereocenters. The number of hydrogen-bond donors (Lipinski definition) is 1. The van der Waals surface area contributed by atoms with Crippen LogP contribution in [0.25, 0.3) is 11.3 Å². The van der Waals surface area contributed by atoms with E-state index in [2.05, 4.69) is 20.0 Å². The van der Waals surface area contributed by atoms with Crippen molar-refractivity contribution in [2.24, 2.45) is 5.73 Å². The number of hydrogen-bond acceptors (Lipinski definition) is 5. The predicted molar refractivity (Wildman–Crippen MR) is 107 cm³/mol. The van der Waals surface area contributed by atoms with Gasteiger partial charge in [-0.05, 0) is 60.7 Å². The van der Waals surface area contributed by atoms with Gasteiger partial charge in [0.1, 0.15) is 5.82 Å². The Kier molecular flexibility index (Phi) is 4.89. The van der Waals surface area contributed by atoms with Gasteiger partial charge in [-0.15, -0.1) is 10.2 Å². The Hall–Kier alpha value is -3.48. The van der Waals surface area contributed by atoms with Gasteiger partial charge >= 0.3 is 0 Å². The van der Waals surface area contributed by atoms with Gasteiger partial charge in [0.2, 0.25) is 5.91 Å². The first kappa shape index (κ1) is 17.9. The molecule has 1 aliphatic heterocycles. The van der Waals surface area contributed by atoms with Crippen molar-refractivity contribution < 1.29 is 9.18 Å². The Morgan fingerprint density at radius 1 is 0.821 bits per heavy atom. The Morgan fingerprint density at radius 3 is 2.04 bits per heavy atom. The van der Waals surface area contributed by atoms with Crippen LogP contribution in [-0.2, 0) is 0 Å². The molecule has 0 bridgehead atoms. The first-order valence-electron chi connectivity index (χ1n) is 9.09. The van der Waals surface area contributed by atoms with E-state index in [-0.39, 0.29) is 5.82 Å². The maximum atomic E-state index is 13.1. The SMILES string of the molecule is NC(=O)c1ccc(N2CCN(c3ccc(-c4ccc(F)cc4)nn3)CC2)cc1. The highest BCUT2D eigenvalue weighted by Crippen LogP contribution is 2.22. The first-order valence-corrected chi connectivity index (χ1v) is 9.09. The Balaban J connectivity index is 1.39. The van der Waals surface area contributed by atoms with Crippen LogP contribution in [0.1, 0.15) is 10.4 Å². The van der Waals surface area contributed by atoms with Gasteiger partial charge in [-0.25, -0.2) is 4.39 Å². The van der Waals surface area contributed by atoms with Crippen LogP contribution < -0.4 is 15.5 Å². The van der Waals surface area contributed by atoms with Crippen molar-refractivity contribution in [3.05, 3.63) is 72.0 Å². The molecule has 0 saturated carbocycles. The van der Waals surface area contributed by atoms with Crippen LogP contribution in [0.5, 0.6) is 0 Å². The number of anilines is 2. The third-order valence-electron chi connectivity index (χ3n) is 4.91. The average molecular weight is 377 g/mol. The molecule has 1 saturated heterocycles. The number of amides is 1. The van der Waals surface area contributed by atoms with Crippen LogP contribution >= 0.6 is 0 Å². The predicted octanol–water partition coefficient (Wildman–Crippen LogP) is 2.71. The number of nitrogens with zero attached hydrogens (tertiary/aromatic N) is 4. The molecule has 0 unspecified atom stereocenters. The highest BCUT2D eigenvalue weighted by molar-refractivity contribution is 5.93. The Morgan fingerprint density at radius 2 is 1.46 bits per heavy atom. The lowest BCUT2D eigenvalue weighted by Gasteiger charge is -2.36. The van der Waals surface area contributed by atoms with Gasteiger partial charge in [-0.1, -0.05) is 0 Å². The fourth-order valence-electron chi connectivity index (χ4n) is 3.30. The van der Waals surface area contributed by atoms with E-state index in [1.165, 1.54) is 12.1 Å². The summed E-state index contributed by atoms with van der Waals surface area (Å²) in [5.74, 6) is 0.143. The summed E-state index contributed by atoms with van der Waals surface area (Å²) >= 11 is 0. The normalized spacial score (nSPS) is 14.2. The standard InChI is InChI=1S/C21H20FN5O/c22-17-5-1-15(2-6-17)19-9-10-20(25-24-19)27-13-11-26(12-14-27)18-7-3-16(4-8-18)21(23)28/h1-10H,11-14H2,(H2,23,28). The van der Waals surface area contributed by atoms with E-state index in [4.69, 9.17) is 5.73 Å². The van der Waals surface area contributed by atoms with Gasteiger partial charge in [-0.3, -0.25) is 4.79 Å². The zero-order valence-electron chi connectivity index (χ0n) is 15.3. The fraction of sp³-hybridized carbons (Fsp3) is 0.190. The topological polar surface area (TPSA) is 75.4 Å². The Bertz CT molecular complexity index is 950. The van der Waals surface area contributed by atoms with Crippen molar-refractivity contribution in [2.45, 2.75) is 0 Å². The molecule has 28 heavy (non-hydrogen) atoms. The molecule has 7 heteroatoms. The van der Waals surface area contributed by atoms with Crippen molar-refractivity contribution in [3.8, 4) is 11.3 Å². The number of piperazine rings is 1. The van der Waals surface area contributed by atoms with E-state index in [0.717, 1.165) is 48.9 Å². The van der Waals surface area contributed by atoms with E-state index in [9.17, 15) is 9.18 Å². The van der Waals surface area contributed by atoms with Gasteiger partial charge in [0, 0.05) is 43.0 Å². The largest absolute Gasteiger partial charge is 0.368 e. The minimum atomic E-state index is -0.418. The summed E-state index contributed by atoms with van der Waals surface area (Å²) in [4.78, 5) is 15.6. The zero-order valence-corrected chi connectivity index (χ0v) is 15.3. The summed E-state index contributed by atoms with van der Waals surface area (Å²) in [5.41, 5.74) is 8.43. The van der Waals surface area contributed by atoms with Gasteiger partial charge in [0.05, 0.1) is 5.69 Å². The molecule has 0 radical (unpaired) electrons. The number of nitrogens with two attached hydrogens (primary N) is 1. The molecule has 2 aromatic carbocycles. The Labute approximate surface area is 162 Å². The number of halogens is 1. The lowest BCUT2D eigenvalue weighted by molar-refractivity contribution is 0.100. The van der Waals surface area contributed by atoms with Gasteiger partial charge in [-0.2, -0.15) is 0 Å². The first-order chi connectivity index (χ1) is 13.6. The number of carbonyl (C=O) groups is 1. The number of rotatable bonds is 4. The molecular formula is C21H20FN5O. The summed E-state index contributed by atoms with van der Waals surface area (Å²) in [6.07, 6.45) is 0. The lowest BCUT2D eigenvalue weighted by Crippen LogP contribution is -2.46. The quantitative estimate of drug-likeness (QED) is 0.757. The van der Waals surface area contributed by atoms with Crippen molar-refractivity contribution in [1.29, 1.82) is 0 Å². The highest BCUT2D eigenvalue weighted by Gasteiger charge is 2.19. The molecule has 1 fully saturated rings. The smallest absolute Gasteiger partial charge is 0.248 e. The van der Waals surface area contributed by atoms with E-state index >= 15 is 0 Å². The van der Waals surface area contributed by atoms with Crippen LogP contribution in [0.4, 0.5) is 15.9 Å². The summed E-state index contributed by atoms with van der Waals surface area (Å²) in [5, 5.41) is 8.63. The zero-order chi connectivity index (χ0) is 19.5. The third kappa shape index (κ3) is 3.78. The number of benzene rings is 2. The third-order valence-corrected chi connectivity index (χ3v) is 4.91. The van der Waals surface area contributed by atoms with Crippen LogP contribution in [0.2, 0.25) is 0 Å². The van der Waals surface area contributed by atoms with Crippen LogP contribution in [0.15, 0.2) is 60.7 Å². The second kappa shape index (κ2) is 7.64. The van der Waals surface area contributed by atoms with Crippen LogP contribution in [0, 0.1) is 5.82 Å². The molecular weight excluding hydrogens is 357 g/mol. The number of carbonyl (C=O) groups excluding carboxylic acids is 1. The maximum absolute atomic E-state index is 13.1.